The average Bonchev–Trinajstić information content (AvgIpc) is 3.14. The van der Waals surface area contributed by atoms with Gasteiger partial charge in [0, 0.05) is 73.0 Å². The van der Waals surface area contributed by atoms with Crippen LogP contribution in [0.3, 0.4) is 0 Å². The molecule has 0 aliphatic heterocycles. The van der Waals surface area contributed by atoms with Crippen molar-refractivity contribution in [2.75, 3.05) is 0 Å². The van der Waals surface area contributed by atoms with Gasteiger partial charge in [0.1, 0.15) is 5.65 Å². The number of pyridine rings is 1. The molecule has 0 saturated carbocycles. The van der Waals surface area contributed by atoms with Gasteiger partial charge in [-0.1, -0.05) is 13.0 Å². The predicted octanol–water partition coefficient (Wildman–Crippen LogP) is 6.94. The van der Waals surface area contributed by atoms with Gasteiger partial charge in [-0.3, -0.25) is 0 Å². The van der Waals surface area contributed by atoms with Crippen LogP contribution in [0.1, 0.15) is 12.6 Å². The summed E-state index contributed by atoms with van der Waals surface area (Å²) in [4.78, 5) is 4.25. The van der Waals surface area contributed by atoms with Crippen LogP contribution in [0, 0.1) is 0 Å². The summed E-state index contributed by atoms with van der Waals surface area (Å²) in [6.07, 6.45) is 5.00. The summed E-state index contributed by atoms with van der Waals surface area (Å²) in [6, 6.07) is 6.04. The minimum Gasteiger partial charge on any atom is -0.304 e. The van der Waals surface area contributed by atoms with E-state index in [-0.39, 0.29) is 0 Å². The molecule has 2 rings (SSSR count). The second-order valence-corrected chi connectivity index (χ2v) is 2.53. The molecule has 14 heteroatoms. The maximum atomic E-state index is 8.00. The number of fused-ring (bicyclic) bond motifs is 1. The van der Waals surface area contributed by atoms with Crippen molar-refractivity contribution in [2.24, 2.45) is 0 Å². The van der Waals surface area contributed by atoms with E-state index in [2.05, 4.69) is 16.3 Å². The number of imidazole rings is 1. The lowest BCUT2D eigenvalue weighted by Crippen LogP contribution is -1.88. The van der Waals surface area contributed by atoms with Crippen LogP contribution in [-0.2, 0) is 6.42 Å². The zero-order chi connectivity index (χ0) is 19.7. The molecule has 0 bridgehead atoms. The van der Waals surface area contributed by atoms with Crippen molar-refractivity contribution in [1.82, 2.24) is 9.38 Å². The smallest absolute Gasteiger partial charge is 0.136 e. The third-order valence-corrected chi connectivity index (χ3v) is 1.86. The number of rotatable bonds is 1. The quantitative estimate of drug-likeness (QED) is 0.494. The number of aryl methyl sites for hydroxylation is 1. The molecule has 2 nitrogen and oxygen atoms in total. The van der Waals surface area contributed by atoms with Gasteiger partial charge in [0.25, 0.3) is 0 Å². The standard InChI is InChI=1S/C9H10N2.6F2/c1-2-8-7-10-9-5-3-4-6-11(8)9;6*1-2/h3-7H,2H2,1H3;;;;;;. The highest BCUT2D eigenvalue weighted by Gasteiger charge is 1.97. The van der Waals surface area contributed by atoms with Crippen molar-refractivity contribution in [3.05, 3.63) is 36.3 Å². The normalized spacial score (nSPS) is 6.65. The summed E-state index contributed by atoms with van der Waals surface area (Å²) in [6.45, 7) is 2.14. The topological polar surface area (TPSA) is 17.3 Å². The van der Waals surface area contributed by atoms with Crippen molar-refractivity contribution in [1.29, 1.82) is 0 Å². The highest BCUT2D eigenvalue weighted by atomic mass is 20.0. The van der Waals surface area contributed by atoms with Gasteiger partial charge in [-0.05, 0) is 18.6 Å². The Balaban J connectivity index is -0.0000000771. The number of hydrogen-bond donors (Lipinski definition) is 0. The first kappa shape index (κ1) is 32.7. The van der Waals surface area contributed by atoms with E-state index in [1.807, 2.05) is 30.6 Å². The number of halogens is 12. The van der Waals surface area contributed by atoms with Gasteiger partial charge in [-0.2, -0.15) is 0 Å². The van der Waals surface area contributed by atoms with Crippen LogP contribution in [0.5, 0.6) is 0 Å². The lowest BCUT2D eigenvalue weighted by Gasteiger charge is -1.95. The first-order valence-electron chi connectivity index (χ1n) is 4.68. The maximum absolute atomic E-state index is 8.00. The van der Waals surface area contributed by atoms with Gasteiger partial charge >= 0.3 is 0 Å². The van der Waals surface area contributed by atoms with Crippen LogP contribution in [0.2, 0.25) is 0 Å². The van der Waals surface area contributed by atoms with E-state index in [9.17, 15) is 0 Å². The lowest BCUT2D eigenvalue weighted by molar-refractivity contribution is 0.108. The van der Waals surface area contributed by atoms with Gasteiger partial charge in [-0.25, -0.2) is 4.98 Å². The third-order valence-electron chi connectivity index (χ3n) is 1.86. The fraction of sp³-hybridized carbons (Fsp3) is 0.222. The molecule has 0 spiro atoms. The van der Waals surface area contributed by atoms with E-state index in [1.54, 1.807) is 0 Å². The van der Waals surface area contributed by atoms with E-state index < -0.39 is 0 Å². The Hall–Kier alpha value is -2.15. The summed E-state index contributed by atoms with van der Waals surface area (Å²) < 4.78 is 98.1. The molecule has 0 aliphatic carbocycles. The van der Waals surface area contributed by atoms with Crippen molar-refractivity contribution in [3.63, 3.8) is 0 Å². The molecular weight excluding hydrogens is 364 g/mol. The monoisotopic (exact) mass is 374 g/mol. The van der Waals surface area contributed by atoms with Gasteiger partial charge in [0.2, 0.25) is 0 Å². The van der Waals surface area contributed by atoms with Crippen molar-refractivity contribution < 1.29 is 54.9 Å². The van der Waals surface area contributed by atoms with Gasteiger partial charge in [0.15, 0.2) is 0 Å². The SMILES string of the molecule is CCc1cnc2ccccn12.FF.FF.FF.FF.FF.FF. The van der Waals surface area contributed by atoms with Gasteiger partial charge in [-0.15, -0.1) is 0 Å². The van der Waals surface area contributed by atoms with Gasteiger partial charge < -0.3 is 4.40 Å². The Bertz CT molecular complexity index is 385. The van der Waals surface area contributed by atoms with E-state index in [0.717, 1.165) is 12.1 Å². The Morgan fingerprint density at radius 3 is 1.61 bits per heavy atom. The molecule has 0 amide bonds. The minimum atomic E-state index is 1.03. The number of hydrogen-bond acceptors (Lipinski definition) is 1. The minimum absolute atomic E-state index is 1.03. The zero-order valence-corrected chi connectivity index (χ0v) is 11.0. The van der Waals surface area contributed by atoms with Crippen LogP contribution in [0.15, 0.2) is 30.6 Å². The van der Waals surface area contributed by atoms with Crippen LogP contribution in [0.4, 0.5) is 54.9 Å². The summed E-state index contributed by atoms with van der Waals surface area (Å²) in [5, 5.41) is 0. The zero-order valence-electron chi connectivity index (χ0n) is 11.0. The van der Waals surface area contributed by atoms with E-state index in [4.69, 9.17) is 54.9 Å². The van der Waals surface area contributed by atoms with Crippen LogP contribution >= 0.6 is 0 Å². The second-order valence-electron chi connectivity index (χ2n) is 2.53. The van der Waals surface area contributed by atoms with Crippen molar-refractivity contribution >= 4 is 5.65 Å². The van der Waals surface area contributed by atoms with E-state index >= 15 is 0 Å². The average molecular weight is 374 g/mol. The number of nitrogens with zero attached hydrogens (tertiary/aromatic N) is 2. The molecular formula is C9H10F12N2. The largest absolute Gasteiger partial charge is 0.304 e. The Labute approximate surface area is 121 Å². The molecule has 2 aromatic heterocycles. The van der Waals surface area contributed by atoms with Crippen LogP contribution < -0.4 is 0 Å². The Morgan fingerprint density at radius 2 is 1.22 bits per heavy atom. The second kappa shape index (κ2) is 36.8. The third kappa shape index (κ3) is 16.1. The van der Waals surface area contributed by atoms with E-state index in [1.165, 1.54) is 5.69 Å². The fourth-order valence-electron chi connectivity index (χ4n) is 1.25. The first-order chi connectivity index (χ1) is 11.4. The van der Waals surface area contributed by atoms with Gasteiger partial charge in [0.05, 0.1) is 0 Å². The fourth-order valence-corrected chi connectivity index (χ4v) is 1.25. The molecule has 0 unspecified atom stereocenters. The molecule has 0 radical (unpaired) electrons. The van der Waals surface area contributed by atoms with E-state index in [0.29, 0.717) is 0 Å². The highest BCUT2D eigenvalue weighted by molar-refractivity contribution is 5.39. The molecule has 23 heavy (non-hydrogen) atoms. The lowest BCUT2D eigenvalue weighted by atomic mass is 10.4. The predicted molar refractivity (Wildman–Crippen MR) is 57.9 cm³/mol. The maximum Gasteiger partial charge on any atom is 0.136 e. The molecule has 2 heterocycles. The molecule has 0 N–H and O–H groups in total. The number of aromatic nitrogens is 2. The summed E-state index contributed by atoms with van der Waals surface area (Å²) in [5.41, 5.74) is 2.30. The molecule has 2 aromatic rings. The van der Waals surface area contributed by atoms with Crippen molar-refractivity contribution in [3.8, 4) is 0 Å². The summed E-state index contributed by atoms with van der Waals surface area (Å²) in [5.74, 6) is 0. The summed E-state index contributed by atoms with van der Waals surface area (Å²) in [7, 11) is 0. The van der Waals surface area contributed by atoms with Crippen LogP contribution in [0.25, 0.3) is 5.65 Å². The van der Waals surface area contributed by atoms with Crippen molar-refractivity contribution in [2.45, 2.75) is 13.3 Å². The molecule has 140 valence electrons. The van der Waals surface area contributed by atoms with Crippen LogP contribution in [-0.4, -0.2) is 9.38 Å². The molecule has 0 aliphatic rings. The Morgan fingerprint density at radius 1 is 0.783 bits per heavy atom. The molecule has 0 aromatic carbocycles. The molecule has 0 atom stereocenters. The highest BCUT2D eigenvalue weighted by Crippen LogP contribution is 2.05. The molecule has 0 saturated heterocycles. The Kier molecular flexibility index (Phi) is 52.3. The summed E-state index contributed by atoms with van der Waals surface area (Å²) >= 11 is 0. The first-order valence-corrected chi connectivity index (χ1v) is 4.68. The molecule has 0 fully saturated rings.